The smallest absolute Gasteiger partial charge is 0.293 e. The van der Waals surface area contributed by atoms with Crippen LogP contribution >= 0.6 is 0 Å². The minimum absolute atomic E-state index is 0.195. The Morgan fingerprint density at radius 2 is 2.22 bits per heavy atom. The summed E-state index contributed by atoms with van der Waals surface area (Å²) in [7, 11) is -2.55. The van der Waals surface area contributed by atoms with Crippen molar-refractivity contribution in [1.29, 1.82) is 0 Å². The Morgan fingerprint density at radius 3 is 2.83 bits per heavy atom. The fourth-order valence-corrected chi connectivity index (χ4v) is 4.53. The minimum Gasteiger partial charge on any atom is -0.497 e. The van der Waals surface area contributed by atoms with Crippen LogP contribution < -0.4 is 10.5 Å². The number of nitro benzene ring substituents is 1. The number of methoxy groups -OCH3 is 1. The summed E-state index contributed by atoms with van der Waals surface area (Å²) in [5.41, 5.74) is 5.08. The zero-order valence-corrected chi connectivity index (χ0v) is 13.8. The molecule has 0 amide bonds. The van der Waals surface area contributed by atoms with Crippen molar-refractivity contribution in [1.82, 2.24) is 4.31 Å². The van der Waals surface area contributed by atoms with Crippen LogP contribution in [-0.4, -0.2) is 44.4 Å². The number of piperidine rings is 1. The molecular formula is C14H21N3O5S. The van der Waals surface area contributed by atoms with Gasteiger partial charge < -0.3 is 10.5 Å². The van der Waals surface area contributed by atoms with Gasteiger partial charge in [0.1, 0.15) is 5.75 Å². The molecule has 0 spiro atoms. The average Bonchev–Trinajstić information content (AvgIpc) is 2.54. The standard InChI is InChI=1S/C14H21N3O5S/c1-22-12-4-5-14(13(9-12)17(18)19)23(20,21)16-8-2-3-11(10-16)6-7-15/h4-5,9,11H,2-3,6-8,10,15H2,1H3. The Balaban J connectivity index is 2.37. The zero-order valence-electron chi connectivity index (χ0n) is 13.0. The molecule has 1 unspecified atom stereocenters. The van der Waals surface area contributed by atoms with Crippen molar-refractivity contribution in [2.75, 3.05) is 26.7 Å². The van der Waals surface area contributed by atoms with Gasteiger partial charge in [-0.2, -0.15) is 4.31 Å². The number of ether oxygens (including phenoxy) is 1. The van der Waals surface area contributed by atoms with Gasteiger partial charge in [-0.3, -0.25) is 10.1 Å². The van der Waals surface area contributed by atoms with Gasteiger partial charge in [-0.05, 0) is 43.9 Å². The Kier molecular flexibility index (Phi) is 5.55. The molecule has 1 aliphatic rings. The van der Waals surface area contributed by atoms with Crippen molar-refractivity contribution < 1.29 is 18.1 Å². The van der Waals surface area contributed by atoms with E-state index in [0.29, 0.717) is 19.6 Å². The molecule has 0 aromatic heterocycles. The molecule has 0 radical (unpaired) electrons. The van der Waals surface area contributed by atoms with Gasteiger partial charge in [0.2, 0.25) is 10.0 Å². The van der Waals surface area contributed by atoms with Crippen LogP contribution in [0, 0.1) is 16.0 Å². The highest BCUT2D eigenvalue weighted by atomic mass is 32.2. The van der Waals surface area contributed by atoms with E-state index >= 15 is 0 Å². The van der Waals surface area contributed by atoms with E-state index in [1.807, 2.05) is 0 Å². The number of nitrogens with two attached hydrogens (primary N) is 1. The van der Waals surface area contributed by atoms with Gasteiger partial charge in [0.25, 0.3) is 5.69 Å². The lowest BCUT2D eigenvalue weighted by Crippen LogP contribution is -2.40. The third kappa shape index (κ3) is 3.80. The van der Waals surface area contributed by atoms with E-state index < -0.39 is 20.6 Å². The van der Waals surface area contributed by atoms with Crippen LogP contribution in [0.25, 0.3) is 0 Å². The maximum atomic E-state index is 12.8. The molecule has 1 saturated heterocycles. The number of nitro groups is 1. The van der Waals surface area contributed by atoms with Crippen molar-refractivity contribution in [3.63, 3.8) is 0 Å². The molecule has 2 rings (SSSR count). The molecule has 1 fully saturated rings. The van der Waals surface area contributed by atoms with Crippen LogP contribution in [0.3, 0.4) is 0 Å². The maximum absolute atomic E-state index is 12.8. The van der Waals surface area contributed by atoms with Crippen LogP contribution in [-0.2, 0) is 10.0 Å². The molecule has 1 aromatic carbocycles. The second-order valence-electron chi connectivity index (χ2n) is 5.54. The second kappa shape index (κ2) is 7.24. The second-order valence-corrected chi connectivity index (χ2v) is 7.45. The highest BCUT2D eigenvalue weighted by Crippen LogP contribution is 2.32. The van der Waals surface area contributed by atoms with E-state index in [1.165, 1.54) is 23.5 Å². The third-order valence-corrected chi connectivity index (χ3v) is 5.95. The topological polar surface area (TPSA) is 116 Å². The average molecular weight is 343 g/mol. The first kappa shape index (κ1) is 17.6. The monoisotopic (exact) mass is 343 g/mol. The number of sulfonamides is 1. The Morgan fingerprint density at radius 1 is 1.48 bits per heavy atom. The van der Waals surface area contributed by atoms with E-state index in [9.17, 15) is 18.5 Å². The summed E-state index contributed by atoms with van der Waals surface area (Å²) >= 11 is 0. The normalized spacial score (nSPS) is 19.5. The summed E-state index contributed by atoms with van der Waals surface area (Å²) in [5.74, 6) is 0.441. The predicted molar refractivity (Wildman–Crippen MR) is 84.8 cm³/mol. The van der Waals surface area contributed by atoms with Gasteiger partial charge in [0.05, 0.1) is 18.1 Å². The van der Waals surface area contributed by atoms with Gasteiger partial charge in [0, 0.05) is 13.1 Å². The molecule has 128 valence electrons. The molecule has 1 aliphatic heterocycles. The number of rotatable bonds is 6. The molecule has 1 atom stereocenters. The first-order valence-electron chi connectivity index (χ1n) is 7.42. The minimum atomic E-state index is -3.92. The van der Waals surface area contributed by atoms with Crippen molar-refractivity contribution in [3.05, 3.63) is 28.3 Å². The molecule has 0 aliphatic carbocycles. The molecule has 2 N–H and O–H groups in total. The quantitative estimate of drug-likeness (QED) is 0.616. The van der Waals surface area contributed by atoms with E-state index in [0.717, 1.165) is 25.3 Å². The summed E-state index contributed by atoms with van der Waals surface area (Å²) in [5, 5.41) is 11.2. The summed E-state index contributed by atoms with van der Waals surface area (Å²) in [4.78, 5) is 10.2. The Labute approximate surface area is 135 Å². The summed E-state index contributed by atoms with van der Waals surface area (Å²) in [6.07, 6.45) is 2.40. The molecule has 1 aromatic rings. The van der Waals surface area contributed by atoms with Gasteiger partial charge >= 0.3 is 0 Å². The van der Waals surface area contributed by atoms with E-state index in [2.05, 4.69) is 0 Å². The predicted octanol–water partition coefficient (Wildman–Crippen LogP) is 1.35. The van der Waals surface area contributed by atoms with Gasteiger partial charge in [-0.25, -0.2) is 8.42 Å². The number of benzene rings is 1. The first-order valence-corrected chi connectivity index (χ1v) is 8.86. The molecule has 8 nitrogen and oxygen atoms in total. The summed E-state index contributed by atoms with van der Waals surface area (Å²) in [6.45, 7) is 1.22. The molecule has 1 heterocycles. The van der Waals surface area contributed by atoms with Crippen molar-refractivity contribution >= 4 is 15.7 Å². The molecular weight excluding hydrogens is 322 g/mol. The van der Waals surface area contributed by atoms with Gasteiger partial charge in [-0.1, -0.05) is 0 Å². The molecule has 0 saturated carbocycles. The molecule has 0 bridgehead atoms. The Hall–Kier alpha value is -1.71. The molecule has 9 heteroatoms. The highest BCUT2D eigenvalue weighted by Gasteiger charge is 2.34. The van der Waals surface area contributed by atoms with E-state index in [1.54, 1.807) is 0 Å². The van der Waals surface area contributed by atoms with E-state index in [-0.39, 0.29) is 16.6 Å². The fourth-order valence-electron chi connectivity index (χ4n) is 2.84. The lowest BCUT2D eigenvalue weighted by atomic mass is 9.96. The summed E-state index contributed by atoms with van der Waals surface area (Å²) in [6, 6.07) is 3.79. The lowest BCUT2D eigenvalue weighted by molar-refractivity contribution is -0.387. The van der Waals surface area contributed by atoms with Crippen molar-refractivity contribution in [2.24, 2.45) is 11.7 Å². The third-order valence-electron chi connectivity index (χ3n) is 4.04. The SMILES string of the molecule is COc1ccc(S(=O)(=O)N2CCCC(CCN)C2)c([N+](=O)[O-])c1. The Bertz CT molecular complexity index is 675. The fraction of sp³-hybridized carbons (Fsp3) is 0.571. The maximum Gasteiger partial charge on any atom is 0.293 e. The lowest BCUT2D eigenvalue weighted by Gasteiger charge is -2.31. The number of hydrogen-bond acceptors (Lipinski definition) is 6. The van der Waals surface area contributed by atoms with Crippen molar-refractivity contribution in [2.45, 2.75) is 24.2 Å². The van der Waals surface area contributed by atoms with Gasteiger partial charge in [-0.15, -0.1) is 0 Å². The number of nitrogens with zero attached hydrogens (tertiary/aromatic N) is 2. The number of hydrogen-bond donors (Lipinski definition) is 1. The first-order chi connectivity index (χ1) is 10.9. The van der Waals surface area contributed by atoms with E-state index in [4.69, 9.17) is 10.5 Å². The summed E-state index contributed by atoms with van der Waals surface area (Å²) < 4.78 is 31.9. The van der Waals surface area contributed by atoms with Crippen LogP contribution in [0.1, 0.15) is 19.3 Å². The van der Waals surface area contributed by atoms with Gasteiger partial charge in [0.15, 0.2) is 4.90 Å². The van der Waals surface area contributed by atoms with Crippen LogP contribution in [0.15, 0.2) is 23.1 Å². The van der Waals surface area contributed by atoms with Crippen LogP contribution in [0.5, 0.6) is 5.75 Å². The zero-order chi connectivity index (χ0) is 17.0. The highest BCUT2D eigenvalue weighted by molar-refractivity contribution is 7.89. The van der Waals surface area contributed by atoms with Crippen LogP contribution in [0.4, 0.5) is 5.69 Å². The van der Waals surface area contributed by atoms with Crippen molar-refractivity contribution in [3.8, 4) is 5.75 Å². The largest absolute Gasteiger partial charge is 0.497 e. The van der Waals surface area contributed by atoms with Crippen LogP contribution in [0.2, 0.25) is 0 Å². The molecule has 23 heavy (non-hydrogen) atoms.